The van der Waals surface area contributed by atoms with Crippen molar-refractivity contribution in [1.29, 1.82) is 0 Å². The van der Waals surface area contributed by atoms with E-state index in [1.54, 1.807) is 65.6 Å². The summed E-state index contributed by atoms with van der Waals surface area (Å²) in [4.78, 5) is 36.1. The second-order valence-corrected chi connectivity index (χ2v) is 12.8. The maximum atomic E-state index is 14.4. The van der Waals surface area contributed by atoms with E-state index >= 15 is 0 Å². The third kappa shape index (κ3) is 6.44. The molecule has 4 aromatic carbocycles. The fraction of sp³-hybridized carbons (Fsp3) is 0.0667. The third-order valence-corrected chi connectivity index (χ3v) is 8.99. The summed E-state index contributed by atoms with van der Waals surface area (Å²) in [6.45, 7) is 0.0182. The van der Waals surface area contributed by atoms with Crippen LogP contribution in [0.2, 0.25) is 10.0 Å². The van der Waals surface area contributed by atoms with Gasteiger partial charge in [-0.15, -0.1) is 0 Å². The van der Waals surface area contributed by atoms with E-state index in [4.69, 9.17) is 37.4 Å². The molecule has 0 bridgehead atoms. The van der Waals surface area contributed by atoms with E-state index < -0.39 is 24.8 Å². The maximum Gasteiger partial charge on any atom is 0.399 e. The van der Waals surface area contributed by atoms with Crippen molar-refractivity contribution in [2.45, 2.75) is 12.2 Å². The highest BCUT2D eigenvalue weighted by Gasteiger charge is 2.51. The maximum absolute atomic E-state index is 14.4. The van der Waals surface area contributed by atoms with Gasteiger partial charge in [0, 0.05) is 21.3 Å². The molecule has 0 saturated carbocycles. The Morgan fingerprint density at radius 1 is 0.955 bits per heavy atom. The van der Waals surface area contributed by atoms with E-state index in [0.717, 1.165) is 6.07 Å². The summed E-state index contributed by atoms with van der Waals surface area (Å²) in [5.41, 5.74) is -2.37. The Bertz CT molecular complexity index is 1930. The van der Waals surface area contributed by atoms with Gasteiger partial charge in [0.1, 0.15) is 0 Å². The lowest BCUT2D eigenvalue weighted by Gasteiger charge is -2.23. The SMILES string of the molecule is O=C(O)c1ccccc1-c1cccc(-c2cnc(N(Cc3ccc(C(F)(F)P(=O)(O)O)c(Br)c3)c3ccc(Cl)c(Cl)c3)o2)c1. The molecular formula is C30H20BrCl2F2N2O6P. The number of carboxylic acid groups (broad SMARTS) is 1. The van der Waals surface area contributed by atoms with Crippen LogP contribution in [0.25, 0.3) is 22.5 Å². The van der Waals surface area contributed by atoms with Crippen molar-refractivity contribution in [1.82, 2.24) is 4.98 Å². The molecular weight excluding hydrogens is 704 g/mol. The van der Waals surface area contributed by atoms with Gasteiger partial charge >= 0.3 is 25.2 Å². The van der Waals surface area contributed by atoms with Crippen LogP contribution in [0.5, 0.6) is 0 Å². The predicted octanol–water partition coefficient (Wildman–Crippen LogP) is 9.34. The standard InChI is InChI=1S/C30H20BrCl2F2N2O6P/c31-24-12-17(8-10-23(24)30(34,35)44(40,41)42)16-37(20-9-11-25(32)26(33)14-20)29-36-15-27(43-29)19-5-3-4-18(13-19)21-6-1-2-7-22(21)28(38)39/h1-15H,16H2,(H,38,39)(H2,40,41,42). The van der Waals surface area contributed by atoms with Crippen molar-refractivity contribution >= 4 is 64.4 Å². The predicted molar refractivity (Wildman–Crippen MR) is 167 cm³/mol. The Labute approximate surface area is 267 Å². The Balaban J connectivity index is 1.53. The number of aromatic nitrogens is 1. The van der Waals surface area contributed by atoms with E-state index in [9.17, 15) is 23.2 Å². The number of benzene rings is 4. The fourth-order valence-corrected chi connectivity index (χ4v) is 6.08. The van der Waals surface area contributed by atoms with Gasteiger partial charge in [-0.3, -0.25) is 9.46 Å². The van der Waals surface area contributed by atoms with E-state index in [2.05, 4.69) is 20.9 Å². The van der Waals surface area contributed by atoms with Crippen molar-refractivity contribution in [3.05, 3.63) is 122 Å². The van der Waals surface area contributed by atoms with Crippen molar-refractivity contribution in [2.24, 2.45) is 0 Å². The number of halogens is 5. The normalized spacial score (nSPS) is 11.9. The lowest BCUT2D eigenvalue weighted by atomic mass is 9.98. The molecule has 5 aromatic rings. The van der Waals surface area contributed by atoms with Gasteiger partial charge in [-0.05, 0) is 53.1 Å². The van der Waals surface area contributed by atoms with Crippen LogP contribution in [-0.4, -0.2) is 25.8 Å². The summed E-state index contributed by atoms with van der Waals surface area (Å²) in [6, 6.07) is 22.2. The molecule has 0 atom stereocenters. The Hall–Kier alpha value is -3.57. The molecule has 0 aliphatic heterocycles. The number of aromatic carboxylic acids is 1. The topological polar surface area (TPSA) is 124 Å². The van der Waals surface area contributed by atoms with Crippen LogP contribution in [-0.2, 0) is 16.8 Å². The van der Waals surface area contributed by atoms with E-state index in [0.29, 0.717) is 38.7 Å². The van der Waals surface area contributed by atoms with Crippen LogP contribution in [0.3, 0.4) is 0 Å². The van der Waals surface area contributed by atoms with Gasteiger partial charge in [0.15, 0.2) is 5.76 Å². The molecule has 226 valence electrons. The summed E-state index contributed by atoms with van der Waals surface area (Å²) in [5, 5.41) is 10.2. The van der Waals surface area contributed by atoms with E-state index in [1.807, 2.05) is 0 Å². The van der Waals surface area contributed by atoms with Crippen LogP contribution in [0, 0.1) is 0 Å². The summed E-state index contributed by atoms with van der Waals surface area (Å²) >= 11 is 15.4. The van der Waals surface area contributed by atoms with Gasteiger partial charge in [0.2, 0.25) is 0 Å². The molecule has 0 aliphatic rings. The molecule has 8 nitrogen and oxygen atoms in total. The van der Waals surface area contributed by atoms with Gasteiger partial charge in [-0.2, -0.15) is 8.78 Å². The first kappa shape index (κ1) is 31.8. The van der Waals surface area contributed by atoms with Crippen molar-refractivity contribution in [3.8, 4) is 22.5 Å². The molecule has 1 aromatic heterocycles. The van der Waals surface area contributed by atoms with Crippen LogP contribution >= 0.6 is 46.7 Å². The number of carboxylic acids is 1. The van der Waals surface area contributed by atoms with Crippen molar-refractivity contribution < 1.29 is 37.5 Å². The average molecular weight is 724 g/mol. The Morgan fingerprint density at radius 3 is 2.36 bits per heavy atom. The average Bonchev–Trinajstić information content (AvgIpc) is 3.47. The number of rotatable bonds is 9. The number of anilines is 2. The van der Waals surface area contributed by atoms with Crippen LogP contribution in [0.4, 0.5) is 20.5 Å². The zero-order valence-electron chi connectivity index (χ0n) is 22.2. The molecule has 1 heterocycles. The quantitative estimate of drug-likeness (QED) is 0.129. The second-order valence-electron chi connectivity index (χ2n) is 9.52. The van der Waals surface area contributed by atoms with Crippen molar-refractivity contribution in [2.75, 3.05) is 4.90 Å². The van der Waals surface area contributed by atoms with Gasteiger partial charge in [-0.25, -0.2) is 9.78 Å². The van der Waals surface area contributed by atoms with Gasteiger partial charge < -0.3 is 19.3 Å². The molecule has 0 saturated heterocycles. The molecule has 0 amide bonds. The van der Waals surface area contributed by atoms with Gasteiger partial charge in [0.05, 0.1) is 28.4 Å². The molecule has 0 fully saturated rings. The molecule has 0 unspecified atom stereocenters. The van der Waals surface area contributed by atoms with E-state index in [-0.39, 0.29) is 27.6 Å². The first-order valence-corrected chi connectivity index (χ1v) is 15.8. The Morgan fingerprint density at radius 2 is 1.68 bits per heavy atom. The smallest absolute Gasteiger partial charge is 0.399 e. The molecule has 0 spiro atoms. The second kappa shape index (κ2) is 12.4. The number of carbonyl (C=O) groups is 1. The number of hydrogen-bond donors (Lipinski definition) is 3. The molecule has 5 rings (SSSR count). The number of hydrogen-bond acceptors (Lipinski definition) is 5. The Kier molecular flexibility index (Phi) is 9.00. The number of nitrogens with zero attached hydrogens (tertiary/aromatic N) is 2. The highest BCUT2D eigenvalue weighted by atomic mass is 79.9. The minimum Gasteiger partial charge on any atom is -0.478 e. The minimum atomic E-state index is -5.78. The summed E-state index contributed by atoms with van der Waals surface area (Å²) in [5.74, 6) is -0.701. The first-order valence-electron chi connectivity index (χ1n) is 12.6. The monoisotopic (exact) mass is 722 g/mol. The molecule has 44 heavy (non-hydrogen) atoms. The number of alkyl halides is 2. The highest BCUT2D eigenvalue weighted by Crippen LogP contribution is 2.60. The lowest BCUT2D eigenvalue weighted by molar-refractivity contribution is 0.0557. The van der Waals surface area contributed by atoms with Crippen LogP contribution in [0.15, 0.2) is 100 Å². The first-order chi connectivity index (χ1) is 20.8. The highest BCUT2D eigenvalue weighted by molar-refractivity contribution is 9.10. The van der Waals surface area contributed by atoms with E-state index in [1.165, 1.54) is 24.4 Å². The fourth-order valence-electron chi connectivity index (χ4n) is 4.45. The molecule has 0 radical (unpaired) electrons. The largest absolute Gasteiger partial charge is 0.478 e. The van der Waals surface area contributed by atoms with Crippen LogP contribution in [0.1, 0.15) is 21.5 Å². The number of oxazole rings is 1. The zero-order valence-corrected chi connectivity index (χ0v) is 26.2. The molecule has 0 aliphatic carbocycles. The summed E-state index contributed by atoms with van der Waals surface area (Å²) < 4.78 is 46.2. The minimum absolute atomic E-state index is 0.0182. The third-order valence-electron chi connectivity index (χ3n) is 6.62. The molecule has 3 N–H and O–H groups in total. The van der Waals surface area contributed by atoms with Gasteiger partial charge in [-0.1, -0.05) is 87.7 Å². The van der Waals surface area contributed by atoms with Crippen LogP contribution < -0.4 is 4.90 Å². The lowest BCUT2D eigenvalue weighted by Crippen LogP contribution is -2.18. The molecule has 14 heteroatoms. The summed E-state index contributed by atoms with van der Waals surface area (Å²) in [7, 11) is -5.78. The zero-order chi connectivity index (χ0) is 31.8. The summed E-state index contributed by atoms with van der Waals surface area (Å²) in [6.07, 6.45) is 1.49. The van der Waals surface area contributed by atoms with Crippen molar-refractivity contribution in [3.63, 3.8) is 0 Å². The van der Waals surface area contributed by atoms with Gasteiger partial charge in [0.25, 0.3) is 0 Å².